The molecule has 1 aromatic heterocycles. The summed E-state index contributed by atoms with van der Waals surface area (Å²) < 4.78 is 0. The van der Waals surface area contributed by atoms with E-state index in [-0.39, 0.29) is 29.2 Å². The van der Waals surface area contributed by atoms with E-state index in [9.17, 15) is 19.7 Å². The Hall–Kier alpha value is -2.74. The monoisotopic (exact) mass is 330 g/mol. The predicted octanol–water partition coefficient (Wildman–Crippen LogP) is 1.26. The van der Waals surface area contributed by atoms with Crippen LogP contribution >= 0.6 is 0 Å². The van der Waals surface area contributed by atoms with Crippen molar-refractivity contribution in [2.24, 2.45) is 0 Å². The van der Waals surface area contributed by atoms with Gasteiger partial charge in [0.25, 0.3) is 11.6 Å². The lowest BCUT2D eigenvalue weighted by Crippen LogP contribution is -2.57. The van der Waals surface area contributed by atoms with Gasteiger partial charge in [-0.05, 0) is 19.9 Å². The van der Waals surface area contributed by atoms with E-state index in [4.69, 9.17) is 0 Å². The molecule has 0 radical (unpaired) electrons. The SMILES string of the molecule is CC1NCCN(C(=O)c2cc(=O)[nH]c3ccc([N+](=O)[O-])cc23)C1C. The van der Waals surface area contributed by atoms with Crippen molar-refractivity contribution in [3.05, 3.63) is 50.3 Å². The largest absolute Gasteiger partial charge is 0.333 e. The van der Waals surface area contributed by atoms with E-state index in [0.717, 1.165) is 0 Å². The number of rotatable bonds is 2. The fourth-order valence-corrected chi connectivity index (χ4v) is 3.03. The van der Waals surface area contributed by atoms with E-state index in [1.165, 1.54) is 24.3 Å². The summed E-state index contributed by atoms with van der Waals surface area (Å²) in [6.07, 6.45) is 0. The van der Waals surface area contributed by atoms with Crippen LogP contribution in [-0.2, 0) is 0 Å². The van der Waals surface area contributed by atoms with Crippen molar-refractivity contribution in [1.29, 1.82) is 0 Å². The summed E-state index contributed by atoms with van der Waals surface area (Å²) in [6, 6.07) is 5.39. The lowest BCUT2D eigenvalue weighted by molar-refractivity contribution is -0.384. The van der Waals surface area contributed by atoms with Crippen molar-refractivity contribution in [3.8, 4) is 0 Å². The molecule has 1 aromatic carbocycles. The molecule has 2 aromatic rings. The number of nitro benzene ring substituents is 1. The Kier molecular flexibility index (Phi) is 4.06. The number of pyridine rings is 1. The fraction of sp³-hybridized carbons (Fsp3) is 0.375. The number of amides is 1. The van der Waals surface area contributed by atoms with Gasteiger partial charge in [0.1, 0.15) is 0 Å². The second-order valence-electron chi connectivity index (χ2n) is 6.02. The van der Waals surface area contributed by atoms with E-state index in [1.807, 2.05) is 13.8 Å². The first-order chi connectivity index (χ1) is 11.4. The maximum atomic E-state index is 13.0. The number of carbonyl (C=O) groups is 1. The minimum Gasteiger partial charge on any atom is -0.333 e. The van der Waals surface area contributed by atoms with Gasteiger partial charge in [0.2, 0.25) is 5.56 Å². The number of non-ortho nitro benzene ring substituents is 1. The molecular formula is C16H18N4O4. The number of nitro groups is 1. The molecule has 1 fully saturated rings. The van der Waals surface area contributed by atoms with Crippen molar-refractivity contribution < 1.29 is 9.72 Å². The van der Waals surface area contributed by atoms with Crippen LogP contribution in [0.1, 0.15) is 24.2 Å². The lowest BCUT2D eigenvalue weighted by atomic mass is 10.0. The average Bonchev–Trinajstić information content (AvgIpc) is 2.55. The highest BCUT2D eigenvalue weighted by Crippen LogP contribution is 2.24. The van der Waals surface area contributed by atoms with Crippen LogP contribution < -0.4 is 10.9 Å². The maximum absolute atomic E-state index is 13.0. The first kappa shape index (κ1) is 16.1. The van der Waals surface area contributed by atoms with Crippen LogP contribution in [0.4, 0.5) is 5.69 Å². The Morgan fingerprint density at radius 2 is 2.08 bits per heavy atom. The minimum absolute atomic E-state index is 0.0423. The van der Waals surface area contributed by atoms with Crippen LogP contribution in [0.3, 0.4) is 0 Å². The molecule has 24 heavy (non-hydrogen) atoms. The number of aromatic amines is 1. The van der Waals surface area contributed by atoms with Crippen LogP contribution in [0, 0.1) is 10.1 Å². The van der Waals surface area contributed by atoms with Gasteiger partial charge in [-0.15, -0.1) is 0 Å². The summed E-state index contributed by atoms with van der Waals surface area (Å²) in [6.45, 7) is 5.11. The van der Waals surface area contributed by atoms with Crippen LogP contribution in [0.15, 0.2) is 29.1 Å². The number of aromatic nitrogens is 1. The van der Waals surface area contributed by atoms with Crippen molar-refractivity contribution in [3.63, 3.8) is 0 Å². The van der Waals surface area contributed by atoms with Gasteiger partial charge in [0.15, 0.2) is 0 Å². The Bertz CT molecular complexity index is 876. The summed E-state index contributed by atoms with van der Waals surface area (Å²) in [4.78, 5) is 39.7. The molecule has 2 heterocycles. The Morgan fingerprint density at radius 3 is 2.79 bits per heavy atom. The zero-order valence-corrected chi connectivity index (χ0v) is 13.4. The standard InChI is InChI=1S/C16H18N4O4/c1-9-10(2)19(6-5-17-9)16(22)13-8-15(21)18-14-4-3-11(20(23)24)7-12(13)14/h3-4,7-10,17H,5-6H2,1-2H3,(H,18,21). The van der Waals surface area contributed by atoms with E-state index >= 15 is 0 Å². The summed E-state index contributed by atoms with van der Waals surface area (Å²) >= 11 is 0. The van der Waals surface area contributed by atoms with Gasteiger partial charge in [-0.25, -0.2) is 0 Å². The van der Waals surface area contributed by atoms with Gasteiger partial charge >= 0.3 is 0 Å². The highest BCUT2D eigenvalue weighted by Gasteiger charge is 2.30. The maximum Gasteiger partial charge on any atom is 0.270 e. The van der Waals surface area contributed by atoms with Crippen LogP contribution in [0.5, 0.6) is 0 Å². The molecule has 0 saturated carbocycles. The van der Waals surface area contributed by atoms with Gasteiger partial charge in [0, 0.05) is 54.3 Å². The molecule has 0 bridgehead atoms. The van der Waals surface area contributed by atoms with Crippen molar-refractivity contribution >= 4 is 22.5 Å². The second-order valence-corrected chi connectivity index (χ2v) is 6.02. The first-order valence-corrected chi connectivity index (χ1v) is 7.74. The zero-order chi connectivity index (χ0) is 17.4. The molecule has 3 rings (SSSR count). The van der Waals surface area contributed by atoms with E-state index in [2.05, 4.69) is 10.3 Å². The fourth-order valence-electron chi connectivity index (χ4n) is 3.03. The van der Waals surface area contributed by atoms with Gasteiger partial charge in [-0.1, -0.05) is 0 Å². The summed E-state index contributed by atoms with van der Waals surface area (Å²) in [5.41, 5.74) is 0.0755. The molecule has 1 aliphatic rings. The molecule has 2 unspecified atom stereocenters. The third-order valence-electron chi connectivity index (χ3n) is 4.56. The number of carbonyl (C=O) groups excluding carboxylic acids is 1. The number of piperazine rings is 1. The zero-order valence-electron chi connectivity index (χ0n) is 13.4. The van der Waals surface area contributed by atoms with Crippen LogP contribution in [0.25, 0.3) is 10.9 Å². The molecule has 2 N–H and O–H groups in total. The Balaban J connectivity index is 2.13. The summed E-state index contributed by atoms with van der Waals surface area (Å²) in [5, 5.41) is 14.7. The molecule has 0 spiro atoms. The first-order valence-electron chi connectivity index (χ1n) is 7.74. The Labute approximate surface area is 137 Å². The number of nitrogens with zero attached hydrogens (tertiary/aromatic N) is 2. The normalized spacial score (nSPS) is 21.0. The molecular weight excluding hydrogens is 312 g/mol. The third-order valence-corrected chi connectivity index (χ3v) is 4.56. The molecule has 2 atom stereocenters. The highest BCUT2D eigenvalue weighted by atomic mass is 16.6. The average molecular weight is 330 g/mol. The number of fused-ring (bicyclic) bond motifs is 1. The van der Waals surface area contributed by atoms with E-state index in [1.54, 1.807) is 4.90 Å². The molecule has 8 nitrogen and oxygen atoms in total. The number of benzene rings is 1. The van der Waals surface area contributed by atoms with E-state index in [0.29, 0.717) is 24.0 Å². The van der Waals surface area contributed by atoms with Crippen molar-refractivity contribution in [2.75, 3.05) is 13.1 Å². The van der Waals surface area contributed by atoms with Crippen molar-refractivity contribution in [1.82, 2.24) is 15.2 Å². The topological polar surface area (TPSA) is 108 Å². The highest BCUT2D eigenvalue weighted by molar-refractivity contribution is 6.06. The van der Waals surface area contributed by atoms with E-state index < -0.39 is 10.5 Å². The minimum atomic E-state index is -0.520. The van der Waals surface area contributed by atoms with Crippen LogP contribution in [0.2, 0.25) is 0 Å². The molecule has 8 heteroatoms. The molecule has 1 saturated heterocycles. The predicted molar refractivity (Wildman–Crippen MR) is 89.2 cm³/mol. The number of H-pyrrole nitrogens is 1. The van der Waals surface area contributed by atoms with Gasteiger partial charge in [0.05, 0.1) is 10.5 Å². The van der Waals surface area contributed by atoms with Gasteiger partial charge in [-0.3, -0.25) is 19.7 Å². The molecule has 1 aliphatic heterocycles. The lowest BCUT2D eigenvalue weighted by Gasteiger charge is -2.38. The van der Waals surface area contributed by atoms with Crippen LogP contribution in [-0.4, -0.2) is 45.9 Å². The number of hydrogen-bond acceptors (Lipinski definition) is 5. The van der Waals surface area contributed by atoms with Gasteiger partial charge < -0.3 is 15.2 Å². The third kappa shape index (κ3) is 2.76. The smallest absolute Gasteiger partial charge is 0.270 e. The molecule has 126 valence electrons. The number of nitrogens with one attached hydrogen (secondary N) is 2. The molecule has 0 aliphatic carbocycles. The summed E-state index contributed by atoms with van der Waals surface area (Å²) in [7, 11) is 0. The molecule has 1 amide bonds. The summed E-state index contributed by atoms with van der Waals surface area (Å²) in [5.74, 6) is -0.285. The Morgan fingerprint density at radius 1 is 1.33 bits per heavy atom. The van der Waals surface area contributed by atoms with Gasteiger partial charge in [-0.2, -0.15) is 0 Å². The number of hydrogen-bond donors (Lipinski definition) is 2. The quantitative estimate of drug-likeness (QED) is 0.636. The second kappa shape index (κ2) is 6.04. The van der Waals surface area contributed by atoms with Crippen molar-refractivity contribution in [2.45, 2.75) is 25.9 Å².